The molecule has 1 atom stereocenters. The van der Waals surface area contributed by atoms with E-state index < -0.39 is 0 Å². The fraction of sp³-hybridized carbons (Fsp3) is 0.611. The molecule has 1 aliphatic heterocycles. The molecule has 3 N–H and O–H groups in total. The van der Waals surface area contributed by atoms with Crippen LogP contribution in [0.1, 0.15) is 42.4 Å². The molecule has 1 amide bonds. The highest BCUT2D eigenvalue weighted by atomic mass is 35.5. The number of rotatable bonds is 6. The predicted molar refractivity (Wildman–Crippen MR) is 95.7 cm³/mol. The van der Waals surface area contributed by atoms with Crippen molar-refractivity contribution in [2.45, 2.75) is 52.1 Å². The number of likely N-dealkylation sites (tertiary alicyclic amines) is 1. The molecule has 23 heavy (non-hydrogen) atoms. The van der Waals surface area contributed by atoms with E-state index in [1.807, 2.05) is 12.1 Å². The lowest BCUT2D eigenvalue weighted by Crippen LogP contribution is -2.46. The van der Waals surface area contributed by atoms with Crippen LogP contribution in [0.2, 0.25) is 5.02 Å². The molecule has 0 radical (unpaired) electrons. The molecule has 1 heterocycles. The quantitative estimate of drug-likeness (QED) is 0.839. The van der Waals surface area contributed by atoms with Crippen molar-refractivity contribution in [3.8, 4) is 0 Å². The number of piperidine rings is 1. The molecule has 0 aromatic heterocycles. The van der Waals surface area contributed by atoms with Gasteiger partial charge in [0.2, 0.25) is 5.91 Å². The summed E-state index contributed by atoms with van der Waals surface area (Å²) in [4.78, 5) is 14.2. The van der Waals surface area contributed by atoms with Gasteiger partial charge < -0.3 is 11.1 Å². The molecular formula is C18H28ClN3O. The third kappa shape index (κ3) is 5.20. The van der Waals surface area contributed by atoms with Crippen LogP contribution in [0.5, 0.6) is 0 Å². The highest BCUT2D eigenvalue weighted by Gasteiger charge is 2.23. The van der Waals surface area contributed by atoms with E-state index in [4.69, 9.17) is 17.3 Å². The Morgan fingerprint density at radius 1 is 1.35 bits per heavy atom. The lowest BCUT2D eigenvalue weighted by Gasteiger charge is -2.36. The molecule has 1 aliphatic rings. The van der Waals surface area contributed by atoms with Gasteiger partial charge in [0.05, 0.1) is 0 Å². The van der Waals surface area contributed by atoms with E-state index in [-0.39, 0.29) is 5.91 Å². The molecule has 0 bridgehead atoms. The summed E-state index contributed by atoms with van der Waals surface area (Å²) in [6.07, 6.45) is 3.99. The molecule has 1 aromatic rings. The Kier molecular flexibility index (Phi) is 6.88. The SMILES string of the molecule is Cc1cc(Cl)cc(C)c1CN1CCCCC1CNC(=O)CCN. The third-order valence-electron chi connectivity index (χ3n) is 4.68. The zero-order valence-corrected chi connectivity index (χ0v) is 15.0. The highest BCUT2D eigenvalue weighted by Crippen LogP contribution is 2.25. The number of amides is 1. The zero-order chi connectivity index (χ0) is 16.8. The lowest BCUT2D eigenvalue weighted by atomic mass is 9.97. The number of benzene rings is 1. The largest absolute Gasteiger partial charge is 0.354 e. The highest BCUT2D eigenvalue weighted by molar-refractivity contribution is 6.30. The Bertz CT molecular complexity index is 524. The van der Waals surface area contributed by atoms with E-state index in [9.17, 15) is 4.79 Å². The average molecular weight is 338 g/mol. The maximum atomic E-state index is 11.7. The van der Waals surface area contributed by atoms with Crippen LogP contribution < -0.4 is 11.1 Å². The average Bonchev–Trinajstić information content (AvgIpc) is 2.50. The van der Waals surface area contributed by atoms with Crippen LogP contribution in [0.15, 0.2) is 12.1 Å². The first kappa shape index (κ1) is 18.2. The standard InChI is InChI=1S/C18H28ClN3O/c1-13-9-15(19)10-14(2)17(13)12-22-8-4-3-5-16(22)11-21-18(23)6-7-20/h9-10,16H,3-8,11-12,20H2,1-2H3,(H,21,23). The number of nitrogens with two attached hydrogens (primary N) is 1. The fourth-order valence-electron chi connectivity index (χ4n) is 3.34. The van der Waals surface area contributed by atoms with Gasteiger partial charge in [-0.2, -0.15) is 0 Å². The summed E-state index contributed by atoms with van der Waals surface area (Å²) in [5.41, 5.74) is 9.27. The first-order valence-electron chi connectivity index (χ1n) is 8.47. The van der Waals surface area contributed by atoms with Crippen molar-refractivity contribution < 1.29 is 4.79 Å². The maximum Gasteiger partial charge on any atom is 0.221 e. The number of hydrogen-bond acceptors (Lipinski definition) is 3. The number of halogens is 1. The number of nitrogens with one attached hydrogen (secondary N) is 1. The lowest BCUT2D eigenvalue weighted by molar-refractivity contribution is -0.121. The van der Waals surface area contributed by atoms with Crippen LogP contribution in [0, 0.1) is 13.8 Å². The molecule has 0 spiro atoms. The van der Waals surface area contributed by atoms with Gasteiger partial charge in [-0.3, -0.25) is 9.69 Å². The third-order valence-corrected chi connectivity index (χ3v) is 4.90. The van der Waals surface area contributed by atoms with Gasteiger partial charge in [-0.1, -0.05) is 18.0 Å². The van der Waals surface area contributed by atoms with Crippen molar-refractivity contribution in [1.82, 2.24) is 10.2 Å². The normalized spacial score (nSPS) is 18.9. The van der Waals surface area contributed by atoms with Crippen molar-refractivity contribution >= 4 is 17.5 Å². The van der Waals surface area contributed by atoms with Crippen LogP contribution in [-0.2, 0) is 11.3 Å². The van der Waals surface area contributed by atoms with Crippen molar-refractivity contribution in [1.29, 1.82) is 0 Å². The topological polar surface area (TPSA) is 58.4 Å². The Labute approximate surface area is 144 Å². The van der Waals surface area contributed by atoms with Gasteiger partial charge in [-0.15, -0.1) is 0 Å². The number of aryl methyl sites for hydroxylation is 2. The van der Waals surface area contributed by atoms with E-state index in [1.54, 1.807) is 0 Å². The Balaban J connectivity index is 2.02. The summed E-state index contributed by atoms with van der Waals surface area (Å²) in [5.74, 6) is 0.0527. The molecule has 1 unspecified atom stereocenters. The minimum Gasteiger partial charge on any atom is -0.354 e. The van der Waals surface area contributed by atoms with Gasteiger partial charge in [-0.05, 0) is 62.1 Å². The molecule has 1 aromatic carbocycles. The van der Waals surface area contributed by atoms with Crippen molar-refractivity contribution in [2.24, 2.45) is 5.73 Å². The van der Waals surface area contributed by atoms with Gasteiger partial charge in [0.25, 0.3) is 0 Å². The second-order valence-corrected chi connectivity index (χ2v) is 6.92. The van der Waals surface area contributed by atoms with Crippen LogP contribution in [0.4, 0.5) is 0 Å². The molecule has 5 heteroatoms. The van der Waals surface area contributed by atoms with Crippen molar-refractivity contribution in [3.05, 3.63) is 33.8 Å². The minimum absolute atomic E-state index is 0.0527. The Hall–Kier alpha value is -1.10. The first-order chi connectivity index (χ1) is 11.0. The summed E-state index contributed by atoms with van der Waals surface area (Å²) in [6, 6.07) is 4.47. The van der Waals surface area contributed by atoms with Gasteiger partial charge in [0.1, 0.15) is 0 Å². The summed E-state index contributed by atoms with van der Waals surface area (Å²) in [6.45, 7) is 7.37. The van der Waals surface area contributed by atoms with Gasteiger partial charge in [-0.25, -0.2) is 0 Å². The van der Waals surface area contributed by atoms with E-state index in [2.05, 4.69) is 24.1 Å². The molecule has 2 rings (SSSR count). The minimum atomic E-state index is 0.0527. The van der Waals surface area contributed by atoms with Gasteiger partial charge in [0, 0.05) is 37.1 Å². The van der Waals surface area contributed by atoms with Crippen LogP contribution in [-0.4, -0.2) is 36.5 Å². The summed E-state index contributed by atoms with van der Waals surface area (Å²) >= 11 is 6.14. The smallest absolute Gasteiger partial charge is 0.221 e. The summed E-state index contributed by atoms with van der Waals surface area (Å²) in [5, 5.41) is 3.82. The van der Waals surface area contributed by atoms with Crippen molar-refractivity contribution in [2.75, 3.05) is 19.6 Å². The molecule has 0 aliphatic carbocycles. The second kappa shape index (κ2) is 8.67. The first-order valence-corrected chi connectivity index (χ1v) is 8.85. The molecule has 1 fully saturated rings. The summed E-state index contributed by atoms with van der Waals surface area (Å²) in [7, 11) is 0. The van der Waals surface area contributed by atoms with E-state index in [0.717, 1.165) is 24.5 Å². The maximum absolute atomic E-state index is 11.7. The number of nitrogens with zero attached hydrogens (tertiary/aromatic N) is 1. The van der Waals surface area contributed by atoms with Crippen LogP contribution in [0.3, 0.4) is 0 Å². The zero-order valence-electron chi connectivity index (χ0n) is 14.2. The number of carbonyl (C=O) groups is 1. The van der Waals surface area contributed by atoms with Gasteiger partial charge in [0.15, 0.2) is 0 Å². The summed E-state index contributed by atoms with van der Waals surface area (Å²) < 4.78 is 0. The monoisotopic (exact) mass is 337 g/mol. The van der Waals surface area contributed by atoms with Gasteiger partial charge >= 0.3 is 0 Å². The second-order valence-electron chi connectivity index (χ2n) is 6.48. The Morgan fingerprint density at radius 2 is 2.04 bits per heavy atom. The van der Waals surface area contributed by atoms with E-state index in [0.29, 0.717) is 25.6 Å². The number of hydrogen-bond donors (Lipinski definition) is 2. The van der Waals surface area contributed by atoms with Crippen LogP contribution in [0.25, 0.3) is 0 Å². The fourth-order valence-corrected chi connectivity index (χ4v) is 3.67. The molecular weight excluding hydrogens is 310 g/mol. The van der Waals surface area contributed by atoms with E-state index >= 15 is 0 Å². The van der Waals surface area contributed by atoms with Crippen LogP contribution >= 0.6 is 11.6 Å². The molecule has 4 nitrogen and oxygen atoms in total. The van der Waals surface area contributed by atoms with Crippen molar-refractivity contribution in [3.63, 3.8) is 0 Å². The molecule has 128 valence electrons. The predicted octanol–water partition coefficient (Wildman–Crippen LogP) is 2.78. The molecule has 1 saturated heterocycles. The molecule has 0 saturated carbocycles. The Morgan fingerprint density at radius 3 is 2.70 bits per heavy atom. The number of carbonyl (C=O) groups excluding carboxylic acids is 1. The van der Waals surface area contributed by atoms with E-state index in [1.165, 1.54) is 29.5 Å².